The van der Waals surface area contributed by atoms with Gasteiger partial charge in [0, 0.05) is 31.5 Å². The number of pyridine rings is 2. The van der Waals surface area contributed by atoms with E-state index in [1.54, 1.807) is 17.6 Å². The molecular formula is C33H37ClFN5O5. The number of carbonyl (C=O) groups is 1. The molecule has 1 saturated carbocycles. The number of ether oxygens (including phenoxy) is 3. The lowest BCUT2D eigenvalue weighted by atomic mass is 9.85. The normalized spacial score (nSPS) is 20.3. The molecule has 2 aliphatic rings. The number of benzene rings is 1. The molecule has 4 aromatic rings. The minimum absolute atomic E-state index is 0.0344. The predicted molar refractivity (Wildman–Crippen MR) is 168 cm³/mol. The van der Waals surface area contributed by atoms with E-state index in [1.807, 2.05) is 24.3 Å². The van der Waals surface area contributed by atoms with Gasteiger partial charge in [-0.25, -0.2) is 14.2 Å². The van der Waals surface area contributed by atoms with Gasteiger partial charge in [-0.15, -0.1) is 0 Å². The summed E-state index contributed by atoms with van der Waals surface area (Å²) >= 11 is 6.05. The van der Waals surface area contributed by atoms with E-state index >= 15 is 4.39 Å². The fourth-order valence-corrected chi connectivity index (χ4v) is 6.34. The zero-order valence-electron chi connectivity index (χ0n) is 25.2. The van der Waals surface area contributed by atoms with E-state index in [2.05, 4.69) is 15.3 Å². The molecule has 1 aliphatic carbocycles. The van der Waals surface area contributed by atoms with Crippen LogP contribution in [-0.2, 0) is 16.0 Å². The summed E-state index contributed by atoms with van der Waals surface area (Å²) in [5, 5.41) is 3.54. The number of carbonyl (C=O) groups excluding carboxylic acids is 1. The number of rotatable bonds is 10. The second-order valence-corrected chi connectivity index (χ2v) is 12.1. The van der Waals surface area contributed by atoms with Crippen LogP contribution in [0, 0.1) is 18.7 Å². The lowest BCUT2D eigenvalue weighted by Gasteiger charge is -2.29. The quantitative estimate of drug-likeness (QED) is 0.226. The van der Waals surface area contributed by atoms with E-state index in [9.17, 15) is 9.59 Å². The Bertz CT molecular complexity index is 1710. The summed E-state index contributed by atoms with van der Waals surface area (Å²) in [7, 11) is 0. The Morgan fingerprint density at radius 2 is 1.87 bits per heavy atom. The first-order chi connectivity index (χ1) is 21.9. The van der Waals surface area contributed by atoms with Gasteiger partial charge in [-0.05, 0) is 76.0 Å². The molecule has 0 bridgehead atoms. The third-order valence-electron chi connectivity index (χ3n) is 8.57. The Labute approximate surface area is 265 Å². The Morgan fingerprint density at radius 3 is 2.62 bits per heavy atom. The van der Waals surface area contributed by atoms with Crippen molar-refractivity contribution in [2.24, 2.45) is 5.92 Å². The number of nitrogens with one attached hydrogen (secondary N) is 1. The maximum Gasteiger partial charge on any atom is 0.333 e. The first-order valence-electron chi connectivity index (χ1n) is 15.5. The molecule has 1 atom stereocenters. The van der Waals surface area contributed by atoms with E-state index in [4.69, 9.17) is 25.8 Å². The number of halogens is 2. The fourth-order valence-electron chi connectivity index (χ4n) is 6.19. The van der Waals surface area contributed by atoms with Crippen molar-refractivity contribution >= 4 is 28.5 Å². The summed E-state index contributed by atoms with van der Waals surface area (Å²) in [5.74, 6) is -0.731. The zero-order valence-corrected chi connectivity index (χ0v) is 26.0. The highest BCUT2D eigenvalue weighted by Gasteiger charge is 2.26. The van der Waals surface area contributed by atoms with Gasteiger partial charge in [0.2, 0.25) is 0 Å². The second-order valence-electron chi connectivity index (χ2n) is 11.7. The molecule has 1 N–H and O–H groups in total. The van der Waals surface area contributed by atoms with Gasteiger partial charge in [0.05, 0.1) is 45.8 Å². The van der Waals surface area contributed by atoms with Crippen LogP contribution in [-0.4, -0.2) is 57.2 Å². The number of hydrogen-bond acceptors (Lipinski definition) is 7. The molecule has 3 aromatic heterocycles. The second kappa shape index (κ2) is 14.1. The largest absolute Gasteiger partial charge is 0.473 e. The van der Waals surface area contributed by atoms with Crippen LogP contribution < -0.4 is 15.7 Å². The molecule has 2 fully saturated rings. The van der Waals surface area contributed by atoms with Crippen molar-refractivity contribution in [1.29, 1.82) is 0 Å². The number of para-hydroxylation sites is 2. The summed E-state index contributed by atoms with van der Waals surface area (Å²) in [5.41, 5.74) is 2.62. The molecule has 1 unspecified atom stereocenters. The Balaban J connectivity index is 1.10. The van der Waals surface area contributed by atoms with Crippen LogP contribution in [0.25, 0.3) is 16.7 Å². The maximum atomic E-state index is 15.1. The molecule has 0 spiro atoms. The van der Waals surface area contributed by atoms with E-state index in [0.29, 0.717) is 40.6 Å². The molecule has 1 aromatic carbocycles. The number of aromatic nitrogens is 4. The predicted octanol–water partition coefficient (Wildman–Crippen LogP) is 5.59. The monoisotopic (exact) mass is 637 g/mol. The number of amides is 1. The topological polar surface area (TPSA) is 110 Å². The third kappa shape index (κ3) is 7.21. The number of nitrogens with zero attached hydrogens (tertiary/aromatic N) is 4. The SMILES string of the molecule is Cc1ncc(Cl)cc1C(=O)NC1CCC(Cn2c(=O)n(-c3cnc(OCCOC4CCCCO4)c(F)c3)c3ccccc32)CC1. The lowest BCUT2D eigenvalue weighted by molar-refractivity contribution is -0.165. The molecule has 1 aliphatic heterocycles. The summed E-state index contributed by atoms with van der Waals surface area (Å²) < 4.78 is 35.0. The molecule has 4 heterocycles. The van der Waals surface area contributed by atoms with Crippen LogP contribution in [0.2, 0.25) is 5.02 Å². The number of aryl methyl sites for hydroxylation is 1. The van der Waals surface area contributed by atoms with Crippen LogP contribution in [0.1, 0.15) is 61.0 Å². The van der Waals surface area contributed by atoms with Crippen molar-refractivity contribution in [3.63, 3.8) is 0 Å². The van der Waals surface area contributed by atoms with Crippen LogP contribution in [0.5, 0.6) is 5.88 Å². The minimum atomic E-state index is -0.658. The Kier molecular flexibility index (Phi) is 9.77. The Hall–Kier alpha value is -3.80. The van der Waals surface area contributed by atoms with Gasteiger partial charge in [0.25, 0.3) is 11.8 Å². The van der Waals surface area contributed by atoms with Crippen LogP contribution >= 0.6 is 11.6 Å². The van der Waals surface area contributed by atoms with E-state index < -0.39 is 5.82 Å². The van der Waals surface area contributed by atoms with E-state index in [0.717, 1.165) is 50.5 Å². The molecule has 12 heteroatoms. The van der Waals surface area contributed by atoms with Crippen molar-refractivity contribution in [2.75, 3.05) is 19.8 Å². The number of hydrogen-bond donors (Lipinski definition) is 1. The molecule has 0 radical (unpaired) electrons. The average Bonchev–Trinajstić information content (AvgIpc) is 3.33. The zero-order chi connectivity index (χ0) is 31.3. The van der Waals surface area contributed by atoms with Gasteiger partial charge in [-0.3, -0.25) is 18.9 Å². The van der Waals surface area contributed by atoms with Gasteiger partial charge in [0.15, 0.2) is 12.1 Å². The van der Waals surface area contributed by atoms with Crippen LogP contribution in [0.15, 0.2) is 53.6 Å². The molecule has 1 amide bonds. The number of fused-ring (bicyclic) bond motifs is 1. The van der Waals surface area contributed by atoms with Crippen LogP contribution in [0.4, 0.5) is 4.39 Å². The molecule has 6 rings (SSSR count). The van der Waals surface area contributed by atoms with Crippen molar-refractivity contribution in [3.8, 4) is 11.6 Å². The summed E-state index contributed by atoms with van der Waals surface area (Å²) in [6.45, 7) is 3.38. The first-order valence-corrected chi connectivity index (χ1v) is 15.9. The highest BCUT2D eigenvalue weighted by atomic mass is 35.5. The third-order valence-corrected chi connectivity index (χ3v) is 8.78. The molecular weight excluding hydrogens is 601 g/mol. The van der Waals surface area contributed by atoms with Crippen molar-refractivity contribution in [1.82, 2.24) is 24.4 Å². The molecule has 238 valence electrons. The summed E-state index contributed by atoms with van der Waals surface area (Å²) in [4.78, 5) is 35.0. The summed E-state index contributed by atoms with van der Waals surface area (Å²) in [6.07, 6.45) is 8.96. The maximum absolute atomic E-state index is 15.1. The highest BCUT2D eigenvalue weighted by Crippen LogP contribution is 2.28. The van der Waals surface area contributed by atoms with Gasteiger partial charge >= 0.3 is 5.69 Å². The van der Waals surface area contributed by atoms with E-state index in [1.165, 1.54) is 23.0 Å². The first kappa shape index (κ1) is 31.2. The number of imidazole rings is 1. The van der Waals surface area contributed by atoms with Crippen molar-refractivity contribution < 1.29 is 23.4 Å². The standard InChI is InChI=1S/C33H37ClFN5O5/c1-21-26(16-23(34)18-36-21)31(41)38-24-11-9-22(10-12-24)20-39-28-6-2-3-7-29(28)40(33(39)42)25-17-27(35)32(37-19-25)45-15-14-44-30-8-4-5-13-43-30/h2-3,6-7,16-19,22,24,30H,4-5,8-15,20H2,1H3,(H,38,41). The lowest BCUT2D eigenvalue weighted by Crippen LogP contribution is -2.39. The van der Waals surface area contributed by atoms with Crippen molar-refractivity contribution in [3.05, 3.63) is 81.4 Å². The summed E-state index contributed by atoms with van der Waals surface area (Å²) in [6, 6.07) is 10.4. The van der Waals surface area contributed by atoms with Crippen LogP contribution in [0.3, 0.4) is 0 Å². The fraction of sp³-hybridized carbons (Fsp3) is 0.455. The van der Waals surface area contributed by atoms with Gasteiger partial charge in [-0.1, -0.05) is 23.7 Å². The Morgan fingerprint density at radius 1 is 1.07 bits per heavy atom. The molecule has 45 heavy (non-hydrogen) atoms. The highest BCUT2D eigenvalue weighted by molar-refractivity contribution is 6.30. The molecule has 1 saturated heterocycles. The van der Waals surface area contributed by atoms with Gasteiger partial charge < -0.3 is 19.5 Å². The minimum Gasteiger partial charge on any atom is -0.473 e. The van der Waals surface area contributed by atoms with Gasteiger partial charge in [0.1, 0.15) is 6.61 Å². The average molecular weight is 638 g/mol. The van der Waals surface area contributed by atoms with Gasteiger partial charge in [-0.2, -0.15) is 0 Å². The smallest absolute Gasteiger partial charge is 0.333 e. The van der Waals surface area contributed by atoms with E-state index in [-0.39, 0.29) is 48.9 Å². The molecule has 10 nitrogen and oxygen atoms in total. The van der Waals surface area contributed by atoms with Crippen molar-refractivity contribution in [2.45, 2.75) is 70.7 Å².